The highest BCUT2D eigenvalue weighted by atomic mass is 32.2. The van der Waals surface area contributed by atoms with Crippen LogP contribution in [0.2, 0.25) is 0 Å². The van der Waals surface area contributed by atoms with Crippen LogP contribution in [0, 0.1) is 0 Å². The van der Waals surface area contributed by atoms with E-state index in [1.54, 1.807) is 28.1 Å². The molecule has 4 heterocycles. The number of piperidine rings is 1. The summed E-state index contributed by atoms with van der Waals surface area (Å²) in [5.41, 5.74) is -0.633. The number of aromatic nitrogens is 3. The van der Waals surface area contributed by atoms with Crippen molar-refractivity contribution in [2.24, 2.45) is 0 Å². The fourth-order valence-corrected chi connectivity index (χ4v) is 7.28. The van der Waals surface area contributed by atoms with Crippen LogP contribution >= 0.6 is 0 Å². The van der Waals surface area contributed by atoms with Crippen molar-refractivity contribution in [1.29, 1.82) is 0 Å². The van der Waals surface area contributed by atoms with Gasteiger partial charge in [-0.05, 0) is 64.4 Å². The Morgan fingerprint density at radius 3 is 2.69 bits per heavy atom. The van der Waals surface area contributed by atoms with Gasteiger partial charge in [0.1, 0.15) is 5.65 Å². The number of rotatable bonds is 7. The van der Waals surface area contributed by atoms with E-state index in [1.807, 2.05) is 0 Å². The van der Waals surface area contributed by atoms with Gasteiger partial charge in [-0.2, -0.15) is 4.98 Å². The number of fused-ring (bicyclic) bond motifs is 1. The van der Waals surface area contributed by atoms with Gasteiger partial charge in [-0.15, -0.1) is 0 Å². The molecule has 3 fully saturated rings. The van der Waals surface area contributed by atoms with E-state index in [0.29, 0.717) is 50.4 Å². The molecule has 3 aliphatic rings. The van der Waals surface area contributed by atoms with E-state index in [2.05, 4.69) is 15.3 Å². The summed E-state index contributed by atoms with van der Waals surface area (Å²) in [7, 11) is -3.29. The number of hydrogen-bond donors (Lipinski definition) is 2. The average Bonchev–Trinajstić information content (AvgIpc) is 3.47. The SMILES string of the molecule is C[C@@]1(O)CCC[C@H]1n1c(=O)ccc2cnc(NC3CCN(S(=O)(=O)CC[C@@H]4CCCO4)CC3)nc21. The van der Waals surface area contributed by atoms with Crippen molar-refractivity contribution in [3.63, 3.8) is 0 Å². The van der Waals surface area contributed by atoms with Gasteiger partial charge in [0.05, 0.1) is 23.5 Å². The lowest BCUT2D eigenvalue weighted by molar-refractivity contribution is 0.0267. The monoisotopic (exact) mass is 505 g/mol. The topological polar surface area (TPSA) is 127 Å². The number of anilines is 1. The van der Waals surface area contributed by atoms with Crippen LogP contribution in [-0.4, -0.2) is 75.6 Å². The lowest BCUT2D eigenvalue weighted by Crippen LogP contribution is -2.43. The molecule has 1 saturated carbocycles. The minimum Gasteiger partial charge on any atom is -0.388 e. The maximum atomic E-state index is 12.8. The molecule has 0 radical (unpaired) electrons. The second kappa shape index (κ2) is 9.76. The van der Waals surface area contributed by atoms with Crippen LogP contribution in [0.3, 0.4) is 0 Å². The zero-order chi connectivity index (χ0) is 24.6. The van der Waals surface area contributed by atoms with Gasteiger partial charge in [0.15, 0.2) is 0 Å². The Bertz CT molecular complexity index is 1220. The summed E-state index contributed by atoms with van der Waals surface area (Å²) in [5.74, 6) is 0.542. The molecule has 1 aliphatic carbocycles. The van der Waals surface area contributed by atoms with Crippen molar-refractivity contribution in [3.8, 4) is 0 Å². The molecule has 2 N–H and O–H groups in total. The van der Waals surface area contributed by atoms with Crippen molar-refractivity contribution in [1.82, 2.24) is 18.8 Å². The van der Waals surface area contributed by atoms with Crippen LogP contribution in [0.1, 0.15) is 64.3 Å². The van der Waals surface area contributed by atoms with Gasteiger partial charge < -0.3 is 15.2 Å². The van der Waals surface area contributed by atoms with E-state index in [-0.39, 0.29) is 29.5 Å². The highest BCUT2D eigenvalue weighted by molar-refractivity contribution is 7.89. The maximum absolute atomic E-state index is 12.8. The summed E-state index contributed by atoms with van der Waals surface area (Å²) >= 11 is 0. The van der Waals surface area contributed by atoms with Crippen molar-refractivity contribution < 1.29 is 18.3 Å². The predicted octanol–water partition coefficient (Wildman–Crippen LogP) is 2.04. The lowest BCUT2D eigenvalue weighted by atomic mass is 10.00. The molecular weight excluding hydrogens is 470 g/mol. The molecule has 192 valence electrons. The van der Waals surface area contributed by atoms with E-state index in [0.717, 1.165) is 37.7 Å². The normalized spacial score (nSPS) is 28.6. The van der Waals surface area contributed by atoms with Crippen molar-refractivity contribution >= 4 is 27.0 Å². The number of nitrogens with one attached hydrogen (secondary N) is 1. The van der Waals surface area contributed by atoms with Crippen LogP contribution in [0.15, 0.2) is 23.1 Å². The highest BCUT2D eigenvalue weighted by Crippen LogP contribution is 2.39. The maximum Gasteiger partial charge on any atom is 0.252 e. The Kier molecular flexibility index (Phi) is 6.86. The number of nitrogens with zero attached hydrogens (tertiary/aromatic N) is 4. The molecular formula is C24H35N5O5S. The number of hydrogen-bond acceptors (Lipinski definition) is 8. The second-order valence-electron chi connectivity index (χ2n) is 10.3. The lowest BCUT2D eigenvalue weighted by Gasteiger charge is -2.32. The summed E-state index contributed by atoms with van der Waals surface area (Å²) in [6.45, 7) is 3.41. The molecule has 2 aliphatic heterocycles. The smallest absolute Gasteiger partial charge is 0.252 e. The first-order chi connectivity index (χ1) is 16.7. The minimum atomic E-state index is -3.29. The number of pyridine rings is 1. The van der Waals surface area contributed by atoms with Crippen molar-refractivity contribution in [2.45, 2.75) is 82.1 Å². The van der Waals surface area contributed by atoms with Gasteiger partial charge in [-0.25, -0.2) is 17.7 Å². The summed E-state index contributed by atoms with van der Waals surface area (Å²) in [6, 6.07) is 2.92. The Balaban J connectivity index is 1.26. The average molecular weight is 506 g/mol. The number of aliphatic hydroxyl groups is 1. The third kappa shape index (κ3) is 5.23. The number of sulfonamides is 1. The van der Waals surface area contributed by atoms with Gasteiger partial charge in [0, 0.05) is 43.4 Å². The molecule has 35 heavy (non-hydrogen) atoms. The largest absolute Gasteiger partial charge is 0.388 e. The molecule has 2 aromatic rings. The van der Waals surface area contributed by atoms with Crippen LogP contribution < -0.4 is 10.9 Å². The molecule has 5 rings (SSSR count). The Morgan fingerprint density at radius 1 is 1.20 bits per heavy atom. The molecule has 0 bridgehead atoms. The Hall–Kier alpha value is -2.08. The standard InChI is InChI=1S/C24H35N5O5S/c1-24(31)11-2-5-20(24)29-21(30)7-6-17-16-25-23(27-22(17)29)26-18-8-12-28(13-9-18)35(32,33)15-10-19-4-3-14-34-19/h6-7,16,18-20,31H,2-5,8-15H2,1H3,(H,25,26,27)/t19-,20+,24+/m0/s1. The molecule has 0 unspecified atom stereocenters. The van der Waals surface area contributed by atoms with Crippen molar-refractivity contribution in [2.75, 3.05) is 30.8 Å². The summed E-state index contributed by atoms with van der Waals surface area (Å²) < 4.78 is 34.3. The fraction of sp³-hybridized carbons (Fsp3) is 0.708. The number of ether oxygens (including phenoxy) is 1. The third-order valence-electron chi connectivity index (χ3n) is 7.76. The van der Waals surface area contributed by atoms with Gasteiger partial charge in [0.25, 0.3) is 5.56 Å². The first-order valence-electron chi connectivity index (χ1n) is 12.7. The van der Waals surface area contributed by atoms with E-state index in [4.69, 9.17) is 4.74 Å². The van der Waals surface area contributed by atoms with Crippen LogP contribution in [0.25, 0.3) is 11.0 Å². The predicted molar refractivity (Wildman–Crippen MR) is 133 cm³/mol. The molecule has 3 atom stereocenters. The minimum absolute atomic E-state index is 0.0375. The van der Waals surface area contributed by atoms with Gasteiger partial charge >= 0.3 is 0 Å². The van der Waals surface area contributed by atoms with Crippen LogP contribution in [-0.2, 0) is 14.8 Å². The highest BCUT2D eigenvalue weighted by Gasteiger charge is 2.39. The zero-order valence-corrected chi connectivity index (χ0v) is 21.0. The molecule has 11 heteroatoms. The van der Waals surface area contributed by atoms with Gasteiger partial charge in [0.2, 0.25) is 16.0 Å². The van der Waals surface area contributed by atoms with Crippen LogP contribution in [0.4, 0.5) is 5.95 Å². The molecule has 10 nitrogen and oxygen atoms in total. The second-order valence-corrected chi connectivity index (χ2v) is 12.4. The Morgan fingerprint density at radius 2 is 2.00 bits per heavy atom. The molecule has 0 spiro atoms. The van der Waals surface area contributed by atoms with Gasteiger partial charge in [-0.1, -0.05) is 0 Å². The summed E-state index contributed by atoms with van der Waals surface area (Å²) in [6.07, 6.45) is 7.79. The van der Waals surface area contributed by atoms with Crippen LogP contribution in [0.5, 0.6) is 0 Å². The molecule has 0 amide bonds. The van der Waals surface area contributed by atoms with E-state index in [1.165, 1.54) is 6.07 Å². The zero-order valence-electron chi connectivity index (χ0n) is 20.2. The first kappa shape index (κ1) is 24.6. The summed E-state index contributed by atoms with van der Waals surface area (Å²) in [4.78, 5) is 21.9. The Labute approximate surface area is 205 Å². The van der Waals surface area contributed by atoms with Gasteiger partial charge in [-0.3, -0.25) is 9.36 Å². The molecule has 2 saturated heterocycles. The third-order valence-corrected chi connectivity index (χ3v) is 9.66. The first-order valence-corrected chi connectivity index (χ1v) is 14.3. The van der Waals surface area contributed by atoms with E-state index in [9.17, 15) is 18.3 Å². The molecule has 0 aromatic carbocycles. The van der Waals surface area contributed by atoms with Crippen molar-refractivity contribution in [3.05, 3.63) is 28.7 Å². The van der Waals surface area contributed by atoms with E-state index < -0.39 is 15.6 Å². The molecule has 2 aromatic heterocycles. The fourth-order valence-electron chi connectivity index (χ4n) is 5.69. The quantitative estimate of drug-likeness (QED) is 0.585. The van der Waals surface area contributed by atoms with E-state index >= 15 is 0 Å². The summed E-state index contributed by atoms with van der Waals surface area (Å²) in [5, 5.41) is 14.9.